The number of hydrogen-bond acceptors (Lipinski definition) is 2. The Kier molecular flexibility index (Phi) is 3.57. The van der Waals surface area contributed by atoms with Gasteiger partial charge in [0, 0.05) is 31.4 Å². The lowest BCUT2D eigenvalue weighted by Crippen LogP contribution is -2.04. The van der Waals surface area contributed by atoms with Gasteiger partial charge >= 0.3 is 0 Å². The van der Waals surface area contributed by atoms with Gasteiger partial charge in [-0.3, -0.25) is 9.48 Å². The van der Waals surface area contributed by atoms with Crippen LogP contribution in [-0.2, 0) is 13.6 Å². The summed E-state index contributed by atoms with van der Waals surface area (Å²) in [5, 5.41) is 4.96. The molecule has 0 aliphatic rings. The molecule has 0 saturated carbocycles. The number of aryl methyl sites for hydroxylation is 2. The van der Waals surface area contributed by atoms with Gasteiger partial charge in [-0.1, -0.05) is 18.5 Å². The maximum absolute atomic E-state index is 11.6. The monoisotopic (exact) mass is 265 g/mol. The molecule has 0 radical (unpaired) electrons. The van der Waals surface area contributed by atoms with Gasteiger partial charge in [0.2, 0.25) is 0 Å². The number of hydrogen-bond donors (Lipinski definition) is 0. The molecule has 0 saturated heterocycles. The maximum Gasteiger partial charge on any atom is 0.164 e. The van der Waals surface area contributed by atoms with Crippen molar-refractivity contribution >= 4 is 17.4 Å². The fourth-order valence-corrected chi connectivity index (χ4v) is 2.15. The molecule has 0 fully saturated rings. The highest BCUT2D eigenvalue weighted by atomic mass is 35.5. The van der Waals surface area contributed by atoms with Gasteiger partial charge in [-0.25, -0.2) is 0 Å². The van der Waals surface area contributed by atoms with E-state index >= 15 is 0 Å². The molecule has 0 unspecified atom stereocenters. The van der Waals surface area contributed by atoms with Crippen molar-refractivity contribution in [1.82, 2.24) is 14.3 Å². The van der Waals surface area contributed by atoms with E-state index in [-0.39, 0.29) is 5.78 Å². The fourth-order valence-electron chi connectivity index (χ4n) is 1.93. The van der Waals surface area contributed by atoms with Gasteiger partial charge in [-0.05, 0) is 13.0 Å². The maximum atomic E-state index is 11.6. The molecule has 0 aromatic carbocycles. The number of rotatable bonds is 4. The molecule has 2 heterocycles. The first-order valence-corrected chi connectivity index (χ1v) is 6.27. The molecule has 4 nitrogen and oxygen atoms in total. The van der Waals surface area contributed by atoms with Crippen molar-refractivity contribution in [1.29, 1.82) is 0 Å². The third-order valence-electron chi connectivity index (χ3n) is 2.99. The number of carbonyl (C=O) groups is 1. The van der Waals surface area contributed by atoms with E-state index < -0.39 is 0 Å². The second kappa shape index (κ2) is 4.98. The predicted octanol–water partition coefficient (Wildman–Crippen LogP) is 2.82. The van der Waals surface area contributed by atoms with Crippen LogP contribution in [0, 0.1) is 6.92 Å². The Balaban J connectivity index is 2.24. The predicted molar refractivity (Wildman–Crippen MR) is 71.1 cm³/mol. The molecule has 5 heteroatoms. The van der Waals surface area contributed by atoms with Crippen molar-refractivity contribution in [2.24, 2.45) is 7.05 Å². The number of halogens is 1. The Morgan fingerprint density at radius 2 is 2.22 bits per heavy atom. The first kappa shape index (κ1) is 12.9. The van der Waals surface area contributed by atoms with Crippen LogP contribution in [0.4, 0.5) is 0 Å². The van der Waals surface area contributed by atoms with Gasteiger partial charge in [0.05, 0.1) is 23.0 Å². The molecule has 18 heavy (non-hydrogen) atoms. The smallest absolute Gasteiger partial charge is 0.164 e. The van der Waals surface area contributed by atoms with Crippen LogP contribution < -0.4 is 0 Å². The summed E-state index contributed by atoms with van der Waals surface area (Å²) in [5.74, 6) is 0.154. The summed E-state index contributed by atoms with van der Waals surface area (Å²) >= 11 is 6.20. The van der Waals surface area contributed by atoms with Crippen LogP contribution in [-0.4, -0.2) is 20.1 Å². The molecular weight excluding hydrogens is 250 g/mol. The summed E-state index contributed by atoms with van der Waals surface area (Å²) in [6.07, 6.45) is 4.27. The van der Waals surface area contributed by atoms with Crippen LogP contribution in [0.2, 0.25) is 5.02 Å². The first-order valence-electron chi connectivity index (χ1n) is 5.90. The quantitative estimate of drug-likeness (QED) is 0.798. The summed E-state index contributed by atoms with van der Waals surface area (Å²) in [6.45, 7) is 4.36. The molecule has 2 rings (SSSR count). The molecule has 2 aromatic rings. The minimum Gasteiger partial charge on any atom is -0.348 e. The largest absolute Gasteiger partial charge is 0.348 e. The van der Waals surface area contributed by atoms with Crippen LogP contribution in [0.25, 0.3) is 0 Å². The standard InChI is InChI=1S/C13H16ClN3O/c1-4-12(18)10-5-6-17(7-10)8-11-13(14)9(2)15-16(11)3/h5-7H,4,8H2,1-3H3. The van der Waals surface area contributed by atoms with Gasteiger partial charge in [0.25, 0.3) is 0 Å². The van der Waals surface area contributed by atoms with Crippen molar-refractivity contribution in [2.45, 2.75) is 26.8 Å². The molecule has 0 aliphatic carbocycles. The Morgan fingerprint density at radius 1 is 1.50 bits per heavy atom. The van der Waals surface area contributed by atoms with Gasteiger partial charge < -0.3 is 4.57 Å². The second-order valence-corrected chi connectivity index (χ2v) is 4.70. The lowest BCUT2D eigenvalue weighted by Gasteiger charge is -2.04. The van der Waals surface area contributed by atoms with Gasteiger partial charge in [-0.15, -0.1) is 0 Å². The fraction of sp³-hybridized carbons (Fsp3) is 0.385. The van der Waals surface area contributed by atoms with E-state index in [1.165, 1.54) is 0 Å². The van der Waals surface area contributed by atoms with Crippen molar-refractivity contribution in [3.05, 3.63) is 40.4 Å². The van der Waals surface area contributed by atoms with Crippen LogP contribution >= 0.6 is 11.6 Å². The number of aromatic nitrogens is 3. The van der Waals surface area contributed by atoms with E-state index in [0.717, 1.165) is 17.0 Å². The summed E-state index contributed by atoms with van der Waals surface area (Å²) in [6, 6.07) is 1.84. The Bertz CT molecular complexity index is 583. The Hall–Kier alpha value is -1.55. The van der Waals surface area contributed by atoms with Crippen LogP contribution in [0.3, 0.4) is 0 Å². The van der Waals surface area contributed by atoms with E-state index in [9.17, 15) is 4.79 Å². The van der Waals surface area contributed by atoms with Gasteiger partial charge in [0.15, 0.2) is 5.78 Å². The average Bonchev–Trinajstić information content (AvgIpc) is 2.90. The van der Waals surface area contributed by atoms with Crippen LogP contribution in [0.15, 0.2) is 18.5 Å². The minimum atomic E-state index is 0.154. The van der Waals surface area contributed by atoms with Crippen molar-refractivity contribution in [2.75, 3.05) is 0 Å². The molecule has 0 bridgehead atoms. The number of nitrogens with zero attached hydrogens (tertiary/aromatic N) is 3. The first-order chi connectivity index (χ1) is 8.52. The van der Waals surface area contributed by atoms with Crippen LogP contribution in [0.5, 0.6) is 0 Å². The highest BCUT2D eigenvalue weighted by Crippen LogP contribution is 2.20. The van der Waals surface area contributed by atoms with Gasteiger partial charge in [-0.2, -0.15) is 5.10 Å². The molecular formula is C13H16ClN3O. The third kappa shape index (κ3) is 2.34. The van der Waals surface area contributed by atoms with Gasteiger partial charge in [0.1, 0.15) is 0 Å². The molecule has 2 aromatic heterocycles. The highest BCUT2D eigenvalue weighted by Gasteiger charge is 2.12. The van der Waals surface area contributed by atoms with E-state index in [4.69, 9.17) is 11.6 Å². The lowest BCUT2D eigenvalue weighted by atomic mass is 10.2. The Labute approximate surface area is 111 Å². The van der Waals surface area contributed by atoms with Crippen molar-refractivity contribution < 1.29 is 4.79 Å². The normalized spacial score (nSPS) is 10.9. The SMILES string of the molecule is CCC(=O)c1ccn(Cc2c(Cl)c(C)nn2C)c1. The zero-order valence-corrected chi connectivity index (χ0v) is 11.5. The molecule has 0 N–H and O–H groups in total. The molecule has 0 atom stereocenters. The second-order valence-electron chi connectivity index (χ2n) is 4.32. The van der Waals surface area contributed by atoms with Crippen molar-refractivity contribution in [3.63, 3.8) is 0 Å². The van der Waals surface area contributed by atoms with Crippen LogP contribution in [0.1, 0.15) is 35.1 Å². The number of Topliss-reactive ketones (excluding diaryl/α,β-unsaturated/α-hetero) is 1. The summed E-state index contributed by atoms with van der Waals surface area (Å²) in [7, 11) is 1.87. The Morgan fingerprint density at radius 3 is 2.78 bits per heavy atom. The summed E-state index contributed by atoms with van der Waals surface area (Å²) < 4.78 is 3.73. The highest BCUT2D eigenvalue weighted by molar-refractivity contribution is 6.31. The van der Waals surface area contributed by atoms with Crippen molar-refractivity contribution in [3.8, 4) is 0 Å². The number of carbonyl (C=O) groups excluding carboxylic acids is 1. The van der Waals surface area contributed by atoms with E-state index in [1.807, 2.05) is 43.9 Å². The molecule has 96 valence electrons. The zero-order valence-electron chi connectivity index (χ0n) is 10.8. The third-order valence-corrected chi connectivity index (χ3v) is 3.48. The molecule has 0 spiro atoms. The topological polar surface area (TPSA) is 39.8 Å². The molecule has 0 aliphatic heterocycles. The summed E-state index contributed by atoms with van der Waals surface area (Å²) in [5.41, 5.74) is 2.51. The van der Waals surface area contributed by atoms with E-state index in [2.05, 4.69) is 5.10 Å². The summed E-state index contributed by atoms with van der Waals surface area (Å²) in [4.78, 5) is 11.6. The zero-order chi connectivity index (χ0) is 13.3. The molecule has 0 amide bonds. The van der Waals surface area contributed by atoms with E-state index in [1.54, 1.807) is 4.68 Å². The average molecular weight is 266 g/mol. The lowest BCUT2D eigenvalue weighted by molar-refractivity contribution is 0.0988. The minimum absolute atomic E-state index is 0.154. The number of ketones is 1. The van der Waals surface area contributed by atoms with E-state index in [0.29, 0.717) is 18.0 Å².